The summed E-state index contributed by atoms with van der Waals surface area (Å²) in [6.07, 6.45) is -0.235. The van der Waals surface area contributed by atoms with Crippen LogP contribution >= 0.6 is 0 Å². The first kappa shape index (κ1) is 33.8. The highest BCUT2D eigenvalue weighted by molar-refractivity contribution is 5.76. The molecule has 0 N–H and O–H groups in total. The van der Waals surface area contributed by atoms with Crippen LogP contribution in [0.5, 0.6) is 0 Å². The van der Waals surface area contributed by atoms with Gasteiger partial charge in [0.1, 0.15) is 12.2 Å². The second-order valence-corrected chi connectivity index (χ2v) is 13.5. The average Bonchev–Trinajstić information content (AvgIpc) is 3.37. The summed E-state index contributed by atoms with van der Waals surface area (Å²) in [6.45, 7) is 7.92. The molecule has 0 radical (unpaired) electrons. The van der Waals surface area contributed by atoms with Crippen LogP contribution in [0.15, 0.2) is 97.1 Å². The van der Waals surface area contributed by atoms with E-state index in [4.69, 9.17) is 9.47 Å². The van der Waals surface area contributed by atoms with Crippen molar-refractivity contribution in [3.8, 4) is 0 Å². The van der Waals surface area contributed by atoms with Crippen LogP contribution < -0.4 is 0 Å². The van der Waals surface area contributed by atoms with E-state index in [1.165, 1.54) is 24.3 Å². The summed E-state index contributed by atoms with van der Waals surface area (Å²) in [5.41, 5.74) is 5.27. The maximum absolute atomic E-state index is 15.2. The molecule has 0 spiro atoms. The zero-order valence-electron chi connectivity index (χ0n) is 28.0. The second kappa shape index (κ2) is 13.8. The molecule has 4 aromatic carbocycles. The Hall–Kier alpha value is -5.13. The molecule has 11 nitrogen and oxygen atoms in total. The highest BCUT2D eigenvalue weighted by Gasteiger charge is 2.55. The number of urea groups is 1. The fourth-order valence-electron chi connectivity index (χ4n) is 6.90. The van der Waals surface area contributed by atoms with E-state index in [9.17, 15) is 20.2 Å². The van der Waals surface area contributed by atoms with Crippen LogP contribution in [-0.2, 0) is 35.4 Å². The first-order valence-corrected chi connectivity index (χ1v) is 16.4. The topological polar surface area (TPSA) is 128 Å². The molecular weight excluding hydrogens is 624 g/mol. The summed E-state index contributed by atoms with van der Waals surface area (Å²) < 4.78 is 13.4. The fourth-order valence-corrected chi connectivity index (χ4v) is 6.90. The van der Waals surface area contributed by atoms with Crippen molar-refractivity contribution in [1.82, 2.24) is 9.80 Å². The van der Waals surface area contributed by atoms with Crippen molar-refractivity contribution in [1.29, 1.82) is 0 Å². The van der Waals surface area contributed by atoms with E-state index >= 15 is 4.79 Å². The molecule has 2 heterocycles. The number of rotatable bonds is 10. The molecular formula is C38H40N4O7. The lowest BCUT2D eigenvalue weighted by Crippen LogP contribution is -2.51. The Morgan fingerprint density at radius 1 is 0.633 bits per heavy atom. The largest absolute Gasteiger partial charge is 0.342 e. The molecule has 4 atom stereocenters. The highest BCUT2D eigenvalue weighted by atomic mass is 16.8. The van der Waals surface area contributed by atoms with Gasteiger partial charge in [0.2, 0.25) is 0 Å². The lowest BCUT2D eigenvalue weighted by atomic mass is 9.90. The van der Waals surface area contributed by atoms with Gasteiger partial charge in [-0.3, -0.25) is 20.2 Å². The molecule has 0 saturated carbocycles. The van der Waals surface area contributed by atoms with E-state index < -0.39 is 39.9 Å². The van der Waals surface area contributed by atoms with Gasteiger partial charge in [0, 0.05) is 37.4 Å². The molecule has 254 valence electrons. The summed E-state index contributed by atoms with van der Waals surface area (Å²) >= 11 is 0. The number of carbonyl (C=O) groups is 1. The van der Waals surface area contributed by atoms with Crippen LogP contribution in [-0.4, -0.2) is 55.8 Å². The van der Waals surface area contributed by atoms with E-state index in [1.54, 1.807) is 34.1 Å². The fraction of sp³-hybridized carbons (Fsp3) is 0.342. The van der Waals surface area contributed by atoms with Crippen LogP contribution in [0.1, 0.15) is 47.2 Å². The first-order valence-electron chi connectivity index (χ1n) is 16.4. The minimum Gasteiger partial charge on any atom is -0.342 e. The molecule has 2 aliphatic rings. The van der Waals surface area contributed by atoms with Crippen molar-refractivity contribution in [3.63, 3.8) is 0 Å². The maximum atomic E-state index is 15.2. The molecule has 0 aromatic heterocycles. The normalized spacial score (nSPS) is 21.7. The number of aryl methyl sites for hydroxylation is 2. The van der Waals surface area contributed by atoms with Gasteiger partial charge in [-0.1, -0.05) is 83.9 Å². The molecule has 2 aliphatic heterocycles. The molecule has 6 rings (SSSR count). The number of carbonyl (C=O) groups excluding carboxylic acids is 1. The number of fused-ring (bicyclic) bond motifs is 1. The summed E-state index contributed by atoms with van der Waals surface area (Å²) in [5, 5.41) is 23.4. The number of nitro benzene ring substituents is 2. The van der Waals surface area contributed by atoms with Crippen molar-refractivity contribution in [2.24, 2.45) is 0 Å². The smallest absolute Gasteiger partial charge is 0.321 e. The third kappa shape index (κ3) is 7.63. The molecule has 2 fully saturated rings. The zero-order chi connectivity index (χ0) is 34.9. The standard InChI is InChI=1S/C38H40N4O7/c1-25-11-15-27(16-12-25)21-33-35-36(49-38(3,4)48-35)34(22-28-17-13-26(2)14-18-28)40(24-30-8-6-10-32(20-30)42(46)47)37(43)39(33)23-29-7-5-9-31(19-29)41(44)45/h5-20,33-36H,21-24H2,1-4H3/t33-,34-,35+,36+/m1/s1. The number of non-ortho nitro benzene ring substituents is 2. The number of ether oxygens (including phenoxy) is 2. The Labute approximate surface area is 285 Å². The van der Waals surface area contributed by atoms with Gasteiger partial charge in [0.15, 0.2) is 5.79 Å². The Bertz CT molecular complexity index is 1710. The molecule has 49 heavy (non-hydrogen) atoms. The van der Waals surface area contributed by atoms with Crippen molar-refractivity contribution in [2.75, 3.05) is 0 Å². The van der Waals surface area contributed by atoms with E-state index in [1.807, 2.05) is 76.2 Å². The quantitative estimate of drug-likeness (QED) is 0.129. The van der Waals surface area contributed by atoms with Gasteiger partial charge < -0.3 is 19.3 Å². The molecule has 0 unspecified atom stereocenters. The number of benzene rings is 4. The lowest BCUT2D eigenvalue weighted by molar-refractivity contribution is -0.385. The monoisotopic (exact) mass is 664 g/mol. The highest BCUT2D eigenvalue weighted by Crippen LogP contribution is 2.40. The third-order valence-electron chi connectivity index (χ3n) is 9.29. The minimum atomic E-state index is -0.971. The van der Waals surface area contributed by atoms with Gasteiger partial charge in [0.05, 0.1) is 21.9 Å². The van der Waals surface area contributed by atoms with E-state index in [-0.39, 0.29) is 30.5 Å². The Balaban J connectivity index is 1.51. The molecule has 2 saturated heterocycles. The summed E-state index contributed by atoms with van der Waals surface area (Å²) in [7, 11) is 0. The van der Waals surface area contributed by atoms with Crippen LogP contribution in [0.2, 0.25) is 0 Å². The van der Waals surface area contributed by atoms with Crippen molar-refractivity contribution in [2.45, 2.75) is 83.7 Å². The Morgan fingerprint density at radius 2 is 1.02 bits per heavy atom. The van der Waals surface area contributed by atoms with E-state index in [0.717, 1.165) is 22.3 Å². The number of hydrogen-bond acceptors (Lipinski definition) is 7. The minimum absolute atomic E-state index is 0.0694. The summed E-state index contributed by atoms with van der Waals surface area (Å²) in [6, 6.07) is 27.5. The van der Waals surface area contributed by atoms with Crippen LogP contribution in [0.4, 0.5) is 16.2 Å². The SMILES string of the molecule is Cc1ccc(C[C@@H]2[C@@H]3OC(C)(C)O[C@H]3[C@@H](Cc3ccc(C)cc3)N(Cc3cccc([N+](=O)[O-])c3)C(=O)N2Cc2cccc([N+](=O)[O-])c2)cc1. The van der Waals surface area contributed by atoms with Crippen molar-refractivity contribution >= 4 is 17.4 Å². The van der Waals surface area contributed by atoms with Gasteiger partial charge >= 0.3 is 6.03 Å². The third-order valence-corrected chi connectivity index (χ3v) is 9.29. The van der Waals surface area contributed by atoms with Crippen LogP contribution in [0, 0.1) is 34.1 Å². The molecule has 11 heteroatoms. The Morgan fingerprint density at radius 3 is 1.39 bits per heavy atom. The molecule has 0 aliphatic carbocycles. The summed E-state index contributed by atoms with van der Waals surface area (Å²) in [5.74, 6) is -0.971. The lowest BCUT2D eigenvalue weighted by Gasteiger charge is -2.37. The van der Waals surface area contributed by atoms with Gasteiger partial charge in [-0.15, -0.1) is 0 Å². The van der Waals surface area contributed by atoms with Gasteiger partial charge in [-0.05, 0) is 62.8 Å². The van der Waals surface area contributed by atoms with Crippen molar-refractivity contribution in [3.05, 3.63) is 151 Å². The molecule has 2 amide bonds. The predicted octanol–water partition coefficient (Wildman–Crippen LogP) is 7.30. The molecule has 4 aromatic rings. The predicted molar refractivity (Wildman–Crippen MR) is 184 cm³/mol. The number of nitro groups is 2. The van der Waals surface area contributed by atoms with E-state index in [2.05, 4.69) is 0 Å². The number of hydrogen-bond donors (Lipinski definition) is 0. The van der Waals surface area contributed by atoms with Crippen LogP contribution in [0.25, 0.3) is 0 Å². The van der Waals surface area contributed by atoms with Gasteiger partial charge in [-0.25, -0.2) is 4.79 Å². The number of amides is 2. The molecule has 0 bridgehead atoms. The second-order valence-electron chi connectivity index (χ2n) is 13.5. The van der Waals surface area contributed by atoms with Crippen molar-refractivity contribution < 1.29 is 24.1 Å². The maximum Gasteiger partial charge on any atom is 0.321 e. The zero-order valence-corrected chi connectivity index (χ0v) is 28.0. The first-order chi connectivity index (χ1) is 23.4. The Kier molecular flexibility index (Phi) is 9.49. The summed E-state index contributed by atoms with van der Waals surface area (Å²) in [4.78, 5) is 41.2. The van der Waals surface area contributed by atoms with Gasteiger partial charge in [0.25, 0.3) is 11.4 Å². The van der Waals surface area contributed by atoms with Gasteiger partial charge in [-0.2, -0.15) is 0 Å². The number of nitrogens with zero attached hydrogens (tertiary/aromatic N) is 4. The van der Waals surface area contributed by atoms with E-state index in [0.29, 0.717) is 24.0 Å². The van der Waals surface area contributed by atoms with Crippen LogP contribution in [0.3, 0.4) is 0 Å². The average molecular weight is 665 g/mol.